The van der Waals surface area contributed by atoms with Crippen molar-refractivity contribution in [1.82, 2.24) is 40.4 Å². The summed E-state index contributed by atoms with van der Waals surface area (Å²) >= 11 is 0. The van der Waals surface area contributed by atoms with Crippen LogP contribution in [0, 0.1) is 0 Å². The van der Waals surface area contributed by atoms with Crippen molar-refractivity contribution in [2.24, 2.45) is 0 Å². The number of aromatic amines is 1. The third kappa shape index (κ3) is 4.73. The molecule has 0 atom stereocenters. The van der Waals surface area contributed by atoms with E-state index in [4.69, 9.17) is 19.6 Å². The van der Waals surface area contributed by atoms with Crippen LogP contribution in [0.1, 0.15) is 50.3 Å². The summed E-state index contributed by atoms with van der Waals surface area (Å²) in [5.74, 6) is 1.03. The normalized spacial score (nSPS) is 11.8. The van der Waals surface area contributed by atoms with Crippen LogP contribution in [0.15, 0.2) is 42.6 Å². The first-order chi connectivity index (χ1) is 16.6. The van der Waals surface area contributed by atoms with Gasteiger partial charge in [0.1, 0.15) is 5.82 Å². The predicted octanol–water partition coefficient (Wildman–Crippen LogP) is 3.77. The number of H-pyrrole nitrogens is 1. The van der Waals surface area contributed by atoms with Gasteiger partial charge in [-0.3, -0.25) is 4.98 Å². The van der Waals surface area contributed by atoms with Gasteiger partial charge in [-0.1, -0.05) is 44.5 Å². The van der Waals surface area contributed by atoms with Crippen LogP contribution in [0.4, 0.5) is 0 Å². The van der Waals surface area contributed by atoms with Gasteiger partial charge in [0.25, 0.3) is 0 Å². The van der Waals surface area contributed by atoms with Gasteiger partial charge in [0, 0.05) is 50.9 Å². The fourth-order valence-electron chi connectivity index (χ4n) is 4.02. The van der Waals surface area contributed by atoms with Gasteiger partial charge in [0.15, 0.2) is 0 Å². The third-order valence-corrected chi connectivity index (χ3v) is 5.75. The molecule has 0 aliphatic rings. The summed E-state index contributed by atoms with van der Waals surface area (Å²) in [5, 5.41) is 19.1. The molecule has 1 N–H and O–H groups in total. The molecule has 10 heteroatoms. The number of nitrogens with zero attached hydrogens (tertiary/aromatic N) is 7. The lowest BCUT2D eigenvalue weighted by Gasteiger charge is -2.27. The zero-order chi connectivity index (χ0) is 24.0. The molecule has 4 aromatic rings. The molecule has 3 heterocycles. The Kier molecular flexibility index (Phi) is 7.39. The van der Waals surface area contributed by atoms with Crippen LogP contribution in [0.3, 0.4) is 0 Å². The minimum Gasteiger partial charge on any atom is -0.347 e. The summed E-state index contributed by atoms with van der Waals surface area (Å²) < 4.78 is 13.4. The van der Waals surface area contributed by atoms with Crippen molar-refractivity contribution < 1.29 is 9.47 Å². The van der Waals surface area contributed by atoms with Crippen molar-refractivity contribution in [2.45, 2.75) is 51.9 Å². The molecule has 1 aromatic carbocycles. The van der Waals surface area contributed by atoms with Gasteiger partial charge in [0.05, 0.1) is 5.69 Å². The summed E-state index contributed by atoms with van der Waals surface area (Å²) in [5.41, 5.74) is 3.72. The second-order valence-corrected chi connectivity index (χ2v) is 7.99. The van der Waals surface area contributed by atoms with Crippen molar-refractivity contribution in [3.8, 4) is 22.6 Å². The minimum absolute atomic E-state index is 0.513. The van der Waals surface area contributed by atoms with E-state index in [2.05, 4.69) is 51.6 Å². The number of methoxy groups -OCH3 is 2. The number of hydrogen-bond acceptors (Lipinski definition) is 8. The fraction of sp³-hybridized carbons (Fsp3) is 0.417. The first-order valence-electron chi connectivity index (χ1n) is 11.5. The molecule has 0 radical (unpaired) electrons. The quantitative estimate of drug-likeness (QED) is 0.335. The van der Waals surface area contributed by atoms with Crippen LogP contribution in [0.5, 0.6) is 0 Å². The lowest BCUT2D eigenvalue weighted by atomic mass is 10.0. The number of benzene rings is 1. The molecule has 0 saturated carbocycles. The molecule has 10 nitrogen and oxygen atoms in total. The summed E-state index contributed by atoms with van der Waals surface area (Å²) in [6, 6.07) is 12.1. The Morgan fingerprint density at radius 2 is 1.82 bits per heavy atom. The summed E-state index contributed by atoms with van der Waals surface area (Å²) in [7, 11) is 3.27. The summed E-state index contributed by atoms with van der Waals surface area (Å²) in [6.45, 7) is 4.99. The van der Waals surface area contributed by atoms with Crippen molar-refractivity contribution in [1.29, 1.82) is 0 Å². The standard InChI is InChI=1S/C24H30N8O2/c1-5-13-24(33-3,34-4)23-26-20(32(29-23)15-6-2)16-17-9-11-18(12-10-17)21-19(8-7-14-25-21)22-27-30-31-28-22/h7-12,14H,5-6,13,15-16H2,1-4H3,(H,27,28,30,31). The number of aryl methyl sites for hydroxylation is 1. The van der Waals surface area contributed by atoms with E-state index in [0.29, 0.717) is 24.5 Å². The topological polar surface area (TPSA) is 117 Å². The zero-order valence-corrected chi connectivity index (χ0v) is 20.0. The maximum atomic E-state index is 5.73. The van der Waals surface area contributed by atoms with Gasteiger partial charge in [-0.05, 0) is 29.3 Å². The number of hydrogen-bond donors (Lipinski definition) is 1. The Bertz CT molecular complexity index is 1180. The molecule has 0 saturated heterocycles. The first-order valence-corrected chi connectivity index (χ1v) is 11.5. The van der Waals surface area contributed by atoms with E-state index in [9.17, 15) is 0 Å². The first kappa shape index (κ1) is 23.7. The monoisotopic (exact) mass is 462 g/mol. The molecule has 0 aliphatic carbocycles. The van der Waals surface area contributed by atoms with E-state index < -0.39 is 5.79 Å². The Hall–Kier alpha value is -3.50. The van der Waals surface area contributed by atoms with Crippen LogP contribution < -0.4 is 0 Å². The highest BCUT2D eigenvalue weighted by Crippen LogP contribution is 2.30. The van der Waals surface area contributed by atoms with Crippen molar-refractivity contribution >= 4 is 0 Å². The highest BCUT2D eigenvalue weighted by atomic mass is 16.7. The molecule has 4 rings (SSSR count). The fourth-order valence-corrected chi connectivity index (χ4v) is 4.02. The molecule has 0 unspecified atom stereocenters. The highest BCUT2D eigenvalue weighted by Gasteiger charge is 2.36. The van der Waals surface area contributed by atoms with Gasteiger partial charge in [0.2, 0.25) is 17.4 Å². The smallest absolute Gasteiger partial charge is 0.231 e. The maximum Gasteiger partial charge on any atom is 0.231 e. The van der Waals surface area contributed by atoms with Crippen LogP contribution in [-0.4, -0.2) is 54.6 Å². The van der Waals surface area contributed by atoms with Crippen LogP contribution in [-0.2, 0) is 28.2 Å². The molecular weight excluding hydrogens is 432 g/mol. The van der Waals surface area contributed by atoms with Crippen LogP contribution >= 0.6 is 0 Å². The number of nitrogens with one attached hydrogen (secondary N) is 1. The second-order valence-electron chi connectivity index (χ2n) is 7.99. The van der Waals surface area contributed by atoms with Crippen molar-refractivity contribution in [2.75, 3.05) is 14.2 Å². The number of aromatic nitrogens is 8. The molecule has 178 valence electrons. The van der Waals surface area contributed by atoms with Gasteiger partial charge < -0.3 is 9.47 Å². The summed E-state index contributed by atoms with van der Waals surface area (Å²) in [6.07, 6.45) is 4.92. The van der Waals surface area contributed by atoms with Gasteiger partial charge in [-0.15, -0.1) is 10.2 Å². The van der Waals surface area contributed by atoms with E-state index in [0.717, 1.165) is 47.6 Å². The zero-order valence-electron chi connectivity index (χ0n) is 20.0. The minimum atomic E-state index is -0.934. The van der Waals surface area contributed by atoms with Crippen molar-refractivity contribution in [3.05, 3.63) is 59.8 Å². The molecular formula is C24H30N8O2. The number of tetrazole rings is 1. The Morgan fingerprint density at radius 1 is 1.03 bits per heavy atom. The van der Waals surface area contributed by atoms with E-state index in [1.165, 1.54) is 0 Å². The average Bonchev–Trinajstić information content (AvgIpc) is 3.55. The Labute approximate surface area is 198 Å². The lowest BCUT2D eigenvalue weighted by molar-refractivity contribution is -0.225. The molecule has 0 bridgehead atoms. The average molecular weight is 463 g/mol. The van der Waals surface area contributed by atoms with E-state index in [-0.39, 0.29) is 0 Å². The molecule has 0 fully saturated rings. The Morgan fingerprint density at radius 3 is 2.47 bits per heavy atom. The van der Waals surface area contributed by atoms with Gasteiger partial charge in [-0.2, -0.15) is 10.3 Å². The van der Waals surface area contributed by atoms with Crippen LogP contribution in [0.2, 0.25) is 0 Å². The maximum absolute atomic E-state index is 5.73. The molecule has 34 heavy (non-hydrogen) atoms. The number of ether oxygens (including phenoxy) is 2. The summed E-state index contributed by atoms with van der Waals surface area (Å²) in [4.78, 5) is 9.40. The SMILES string of the molecule is CCCn1nc(C(CCC)(OC)OC)nc1Cc1ccc(-c2ncccc2-c2nn[nH]n2)cc1. The lowest BCUT2D eigenvalue weighted by Crippen LogP contribution is -2.32. The molecule has 3 aromatic heterocycles. The largest absolute Gasteiger partial charge is 0.347 e. The second kappa shape index (κ2) is 10.6. The molecule has 0 amide bonds. The molecule has 0 aliphatic heterocycles. The van der Waals surface area contributed by atoms with Crippen molar-refractivity contribution in [3.63, 3.8) is 0 Å². The van der Waals surface area contributed by atoms with Gasteiger partial charge in [-0.25, -0.2) is 9.67 Å². The van der Waals surface area contributed by atoms with E-state index in [1.807, 2.05) is 28.9 Å². The van der Waals surface area contributed by atoms with E-state index in [1.54, 1.807) is 20.4 Å². The molecule has 0 spiro atoms. The Balaban J connectivity index is 1.62. The number of rotatable bonds is 11. The highest BCUT2D eigenvalue weighted by molar-refractivity contribution is 5.76. The van der Waals surface area contributed by atoms with E-state index >= 15 is 0 Å². The third-order valence-electron chi connectivity index (χ3n) is 5.75. The number of pyridine rings is 1. The van der Waals surface area contributed by atoms with Crippen LogP contribution in [0.25, 0.3) is 22.6 Å². The predicted molar refractivity (Wildman–Crippen MR) is 127 cm³/mol. The van der Waals surface area contributed by atoms with Gasteiger partial charge >= 0.3 is 0 Å².